The maximum Gasteiger partial charge on any atom is 0.407 e. The minimum absolute atomic E-state index is 0.132. The topological polar surface area (TPSA) is 126 Å². The van der Waals surface area contributed by atoms with Crippen LogP contribution in [0.25, 0.3) is 22.2 Å². The van der Waals surface area contributed by atoms with E-state index in [1.54, 1.807) is 0 Å². The van der Waals surface area contributed by atoms with Crippen LogP contribution in [0.2, 0.25) is 0 Å². The molecule has 0 saturated heterocycles. The van der Waals surface area contributed by atoms with E-state index in [1.165, 1.54) is 0 Å². The minimum Gasteiger partial charge on any atom is -0.444 e. The van der Waals surface area contributed by atoms with E-state index < -0.39 is 15.6 Å². The van der Waals surface area contributed by atoms with Gasteiger partial charge in [0.2, 0.25) is 10.0 Å². The van der Waals surface area contributed by atoms with Crippen LogP contribution in [-0.4, -0.2) is 50.3 Å². The van der Waals surface area contributed by atoms with Crippen molar-refractivity contribution >= 4 is 32.9 Å². The Balaban J connectivity index is 1.36. The number of aromatic nitrogens is 1. The largest absolute Gasteiger partial charge is 0.444 e. The number of para-hydroxylation sites is 1. The lowest BCUT2D eigenvalue weighted by Gasteiger charge is -2.29. The second kappa shape index (κ2) is 13.0. The predicted molar refractivity (Wildman–Crippen MR) is 161 cm³/mol. The number of sulfonamides is 1. The molecule has 4 rings (SSSR count). The number of carbonyl (C=O) groups excluding carboxylic acids is 2. The van der Waals surface area contributed by atoms with Gasteiger partial charge in [-0.2, -0.15) is 0 Å². The molecule has 2 aromatic carbocycles. The molecule has 3 aromatic rings. The molecule has 1 aliphatic carbocycles. The number of alkyl carbamates (subject to hydrolysis) is 1. The maximum atomic E-state index is 13.4. The van der Waals surface area contributed by atoms with Crippen molar-refractivity contribution in [3.63, 3.8) is 0 Å². The second-order valence-electron chi connectivity index (χ2n) is 11.8. The van der Waals surface area contributed by atoms with Gasteiger partial charge in [0, 0.05) is 30.6 Å². The van der Waals surface area contributed by atoms with Gasteiger partial charge in [-0.15, -0.1) is 0 Å². The molecule has 1 fully saturated rings. The molecule has 3 N–H and O–H groups in total. The van der Waals surface area contributed by atoms with E-state index in [4.69, 9.17) is 9.72 Å². The smallest absolute Gasteiger partial charge is 0.407 e. The first kappa shape index (κ1) is 30.5. The van der Waals surface area contributed by atoms with Gasteiger partial charge >= 0.3 is 6.09 Å². The van der Waals surface area contributed by atoms with Crippen LogP contribution in [0.5, 0.6) is 0 Å². The molecule has 9 nitrogen and oxygen atoms in total. The van der Waals surface area contributed by atoms with Gasteiger partial charge in [-0.25, -0.2) is 22.9 Å². The van der Waals surface area contributed by atoms with Gasteiger partial charge in [-0.3, -0.25) is 4.79 Å². The summed E-state index contributed by atoms with van der Waals surface area (Å²) in [6.45, 7) is 6.96. The van der Waals surface area contributed by atoms with Crippen molar-refractivity contribution in [1.29, 1.82) is 0 Å². The van der Waals surface area contributed by atoms with Crippen LogP contribution in [-0.2, 0) is 21.3 Å². The summed E-state index contributed by atoms with van der Waals surface area (Å²) in [5.41, 5.74) is 3.14. The minimum atomic E-state index is -3.28. The highest BCUT2D eigenvalue weighted by molar-refractivity contribution is 7.88. The number of nitrogens with zero attached hydrogens (tertiary/aromatic N) is 1. The van der Waals surface area contributed by atoms with Crippen molar-refractivity contribution in [3.8, 4) is 11.3 Å². The molecule has 0 aliphatic heterocycles. The highest BCUT2D eigenvalue weighted by Gasteiger charge is 2.24. The van der Waals surface area contributed by atoms with E-state index in [-0.39, 0.29) is 18.5 Å². The molecule has 0 radical (unpaired) electrons. The first-order valence-corrected chi connectivity index (χ1v) is 15.9. The average Bonchev–Trinajstić information content (AvgIpc) is 2.92. The Morgan fingerprint density at radius 2 is 1.54 bits per heavy atom. The first-order chi connectivity index (χ1) is 19.4. The molecule has 1 heterocycles. The lowest BCUT2D eigenvalue weighted by Crippen LogP contribution is -2.37. The Morgan fingerprint density at radius 1 is 0.927 bits per heavy atom. The van der Waals surface area contributed by atoms with Gasteiger partial charge in [0.1, 0.15) is 5.60 Å². The lowest BCUT2D eigenvalue weighted by atomic mass is 9.82. The fourth-order valence-corrected chi connectivity index (χ4v) is 5.46. The molecule has 2 amide bonds. The van der Waals surface area contributed by atoms with Crippen molar-refractivity contribution in [2.24, 2.45) is 11.8 Å². The van der Waals surface area contributed by atoms with E-state index in [0.717, 1.165) is 54.0 Å². The predicted octanol–water partition coefficient (Wildman–Crippen LogP) is 5.01. The quantitative estimate of drug-likeness (QED) is 0.327. The van der Waals surface area contributed by atoms with Crippen LogP contribution < -0.4 is 15.4 Å². The molecule has 41 heavy (non-hydrogen) atoms. The average molecular weight is 581 g/mol. The number of nitrogens with one attached hydrogen (secondary N) is 3. The van der Waals surface area contributed by atoms with E-state index in [2.05, 4.69) is 15.4 Å². The Hall–Kier alpha value is -3.50. The number of amides is 2. The number of carbonyl (C=O) groups is 2. The van der Waals surface area contributed by atoms with Crippen molar-refractivity contribution < 1.29 is 22.7 Å². The molecule has 0 unspecified atom stereocenters. The summed E-state index contributed by atoms with van der Waals surface area (Å²) in [6.07, 6.45) is 4.72. The number of pyridine rings is 1. The number of benzene rings is 2. The normalized spacial score (nSPS) is 17.7. The molecule has 1 aliphatic rings. The summed E-state index contributed by atoms with van der Waals surface area (Å²) in [6, 6.07) is 16.9. The number of hydrogen-bond acceptors (Lipinski definition) is 6. The highest BCUT2D eigenvalue weighted by Crippen LogP contribution is 2.29. The van der Waals surface area contributed by atoms with Crippen LogP contribution in [0.4, 0.5) is 4.79 Å². The molecule has 220 valence electrons. The lowest BCUT2D eigenvalue weighted by molar-refractivity contribution is 0.0512. The molecular formula is C31H40N4O5S. The second-order valence-corrected chi connectivity index (χ2v) is 13.7. The summed E-state index contributed by atoms with van der Waals surface area (Å²) in [4.78, 5) is 30.1. The zero-order valence-corrected chi connectivity index (χ0v) is 25.0. The van der Waals surface area contributed by atoms with Crippen LogP contribution in [0.1, 0.15) is 62.4 Å². The van der Waals surface area contributed by atoms with Crippen molar-refractivity contribution in [3.05, 3.63) is 65.7 Å². The van der Waals surface area contributed by atoms with Crippen LogP contribution in [0, 0.1) is 11.8 Å². The molecular weight excluding hydrogens is 540 g/mol. The fourth-order valence-electron chi connectivity index (χ4n) is 5.03. The third-order valence-corrected chi connectivity index (χ3v) is 7.87. The molecule has 1 saturated carbocycles. The SMILES string of the molecule is CC(C)(C)OC(=O)NCC1CCC(CNC(=O)c2cc(-c3ccc(CNS(C)(=O)=O)cc3)nc3ccccc23)CC1. The Kier molecular flexibility index (Phi) is 9.65. The summed E-state index contributed by atoms with van der Waals surface area (Å²) in [7, 11) is -3.28. The summed E-state index contributed by atoms with van der Waals surface area (Å²) < 4.78 is 30.6. The zero-order chi connectivity index (χ0) is 29.6. The van der Waals surface area contributed by atoms with Gasteiger partial charge in [0.15, 0.2) is 0 Å². The molecule has 0 atom stereocenters. The third-order valence-electron chi connectivity index (χ3n) is 7.20. The Morgan fingerprint density at radius 3 is 2.15 bits per heavy atom. The van der Waals surface area contributed by atoms with E-state index in [0.29, 0.717) is 36.2 Å². The molecule has 10 heteroatoms. The van der Waals surface area contributed by atoms with E-state index in [9.17, 15) is 18.0 Å². The van der Waals surface area contributed by atoms with Crippen LogP contribution in [0.15, 0.2) is 54.6 Å². The van der Waals surface area contributed by atoms with Gasteiger partial charge in [0.25, 0.3) is 5.91 Å². The first-order valence-electron chi connectivity index (χ1n) is 14.0. The number of ether oxygens (including phenoxy) is 1. The molecule has 1 aromatic heterocycles. The number of rotatable bonds is 9. The Labute approximate surface area is 242 Å². The maximum absolute atomic E-state index is 13.4. The van der Waals surface area contributed by atoms with Crippen molar-refractivity contribution in [2.75, 3.05) is 19.3 Å². The van der Waals surface area contributed by atoms with Gasteiger partial charge in [0.05, 0.1) is 23.0 Å². The standard InChI is InChI=1S/C31H40N4O5S/c1-31(2,3)40-30(37)33-19-22-11-9-21(10-12-22)18-32-29(36)26-17-28(35-27-8-6-5-7-25(26)27)24-15-13-23(14-16-24)20-34-41(4,38)39/h5-8,13-17,21-22,34H,9-12,18-20H2,1-4H3,(H,32,36)(H,33,37). The van der Waals surface area contributed by atoms with E-state index in [1.807, 2.05) is 75.4 Å². The van der Waals surface area contributed by atoms with Gasteiger partial charge in [-0.1, -0.05) is 42.5 Å². The highest BCUT2D eigenvalue weighted by atomic mass is 32.2. The van der Waals surface area contributed by atoms with Crippen molar-refractivity contribution in [1.82, 2.24) is 20.3 Å². The number of hydrogen-bond donors (Lipinski definition) is 3. The van der Waals surface area contributed by atoms with Crippen LogP contribution >= 0.6 is 0 Å². The zero-order valence-electron chi connectivity index (χ0n) is 24.2. The van der Waals surface area contributed by atoms with Gasteiger partial charge < -0.3 is 15.4 Å². The molecule has 0 spiro atoms. The number of fused-ring (bicyclic) bond motifs is 1. The summed E-state index contributed by atoms with van der Waals surface area (Å²) in [5, 5.41) is 6.82. The Bertz CT molecular complexity index is 1470. The van der Waals surface area contributed by atoms with Crippen molar-refractivity contribution in [2.45, 2.75) is 58.6 Å². The van der Waals surface area contributed by atoms with E-state index >= 15 is 0 Å². The fraction of sp³-hybridized carbons (Fsp3) is 0.452. The van der Waals surface area contributed by atoms with Gasteiger partial charge in [-0.05, 0) is 76.0 Å². The van der Waals surface area contributed by atoms with Crippen LogP contribution in [0.3, 0.4) is 0 Å². The third kappa shape index (κ3) is 9.26. The summed E-state index contributed by atoms with van der Waals surface area (Å²) in [5.74, 6) is 0.666. The monoisotopic (exact) mass is 580 g/mol. The molecule has 0 bridgehead atoms. The summed E-state index contributed by atoms with van der Waals surface area (Å²) >= 11 is 0.